The molecule has 3 N–H and O–H groups in total. The minimum absolute atomic E-state index is 0.171. The Bertz CT molecular complexity index is 816. The molecule has 0 saturated heterocycles. The average Bonchev–Trinajstić information content (AvgIpc) is 3.48. The van der Waals surface area contributed by atoms with Crippen molar-refractivity contribution in [3.05, 3.63) is 59.7 Å². The molecule has 0 amide bonds. The normalized spacial score (nSPS) is 18.3. The van der Waals surface area contributed by atoms with Crippen LogP contribution in [0.5, 0.6) is 11.5 Å². The smallest absolute Gasteiger partial charge is 0.178 e. The number of hydrogen-bond acceptors (Lipinski definition) is 4. The van der Waals surface area contributed by atoms with Crippen LogP contribution in [0.2, 0.25) is 0 Å². The number of ether oxygens (including phenoxy) is 2. The van der Waals surface area contributed by atoms with Gasteiger partial charge in [0.1, 0.15) is 30.9 Å². The largest absolute Gasteiger partial charge is 0.504 e. The molecule has 2 atom stereocenters. The van der Waals surface area contributed by atoms with Gasteiger partial charge in [-0.05, 0) is 63.1 Å². The summed E-state index contributed by atoms with van der Waals surface area (Å²) < 4.78 is 10.7. The fraction of sp³-hybridized carbons (Fsp3) is 0.536. The summed E-state index contributed by atoms with van der Waals surface area (Å²) in [4.78, 5) is 4.52. The minimum atomic E-state index is 0.171. The summed E-state index contributed by atoms with van der Waals surface area (Å²) in [5, 5.41) is 19.2. The molecule has 5 nitrogen and oxygen atoms in total. The highest BCUT2D eigenvalue weighted by atomic mass is 16.5. The van der Waals surface area contributed by atoms with Crippen LogP contribution in [0.25, 0.3) is 0 Å². The topological polar surface area (TPSA) is 74.8 Å². The van der Waals surface area contributed by atoms with Crippen molar-refractivity contribution >= 4 is 6.21 Å². The molecule has 0 bridgehead atoms. The van der Waals surface area contributed by atoms with Gasteiger partial charge in [-0.25, -0.2) is 0 Å². The first-order valence-electron chi connectivity index (χ1n) is 12.5. The Kier molecular flexibility index (Phi) is 10.2. The molecular formula is C28H40NO4+. The third-order valence-electron chi connectivity index (χ3n) is 6.33. The third kappa shape index (κ3) is 8.17. The molecule has 0 saturated carbocycles. The van der Waals surface area contributed by atoms with Crippen molar-refractivity contribution in [3.8, 4) is 11.5 Å². The maximum absolute atomic E-state index is 10.2. The fourth-order valence-corrected chi connectivity index (χ4v) is 4.17. The van der Waals surface area contributed by atoms with E-state index in [4.69, 9.17) is 14.6 Å². The van der Waals surface area contributed by atoms with Crippen LogP contribution in [0.4, 0.5) is 0 Å². The first-order valence-corrected chi connectivity index (χ1v) is 12.5. The Hall–Kier alpha value is -2.37. The van der Waals surface area contributed by atoms with Crippen LogP contribution in [0.1, 0.15) is 70.8 Å². The molecule has 2 heterocycles. The average molecular weight is 455 g/mol. The zero-order valence-corrected chi connectivity index (χ0v) is 20.2. The third-order valence-corrected chi connectivity index (χ3v) is 6.33. The number of aliphatic hydroxyl groups is 3. The van der Waals surface area contributed by atoms with Crippen LogP contribution in [-0.2, 0) is 6.42 Å². The van der Waals surface area contributed by atoms with Gasteiger partial charge in [0.25, 0.3) is 0 Å². The lowest BCUT2D eigenvalue weighted by Gasteiger charge is -2.17. The number of benzene rings is 1. The van der Waals surface area contributed by atoms with E-state index in [0.717, 1.165) is 55.9 Å². The molecule has 3 rings (SSSR count). The van der Waals surface area contributed by atoms with E-state index in [-0.39, 0.29) is 12.4 Å². The number of nitrogens with zero attached hydrogens (tertiary/aromatic N) is 1. The predicted molar refractivity (Wildman–Crippen MR) is 134 cm³/mol. The lowest BCUT2D eigenvalue weighted by molar-refractivity contribution is -0.0480. The number of unbranched alkanes of at least 4 members (excludes halogenated alkanes) is 2. The van der Waals surface area contributed by atoms with Gasteiger partial charge in [-0.15, -0.1) is 17.1 Å². The van der Waals surface area contributed by atoms with Gasteiger partial charge in [-0.1, -0.05) is 19.4 Å². The Morgan fingerprint density at radius 2 is 2.12 bits per heavy atom. The van der Waals surface area contributed by atoms with E-state index in [1.165, 1.54) is 18.8 Å². The van der Waals surface area contributed by atoms with E-state index in [1.54, 1.807) is 6.07 Å². The van der Waals surface area contributed by atoms with Crippen LogP contribution in [0, 0.1) is 17.9 Å². The Labute approximate surface area is 199 Å². The Morgan fingerprint density at radius 3 is 2.94 bits per heavy atom. The zero-order chi connectivity index (χ0) is 23.5. The molecule has 0 fully saturated rings. The summed E-state index contributed by atoms with van der Waals surface area (Å²) >= 11 is 0. The first kappa shape index (κ1) is 25.3. The number of aryl methyl sites for hydroxylation is 1. The highest BCUT2D eigenvalue weighted by Crippen LogP contribution is 2.31. The van der Waals surface area contributed by atoms with Crippen molar-refractivity contribution < 1.29 is 19.7 Å². The summed E-state index contributed by atoms with van der Waals surface area (Å²) in [6.45, 7) is 5.15. The standard InChI is InChI=1S/C28H39NO4/c1-3-4-8-25-12-13-26(33-25)11-9-22-10-14-27(31)28(18-22)32-17-15-24-19-23(20-29-24)21(2)7-5-6-16-30/h10,12-14,18-21,25,30,33H,3-9,11,15-17H2,1-2H3/p+1. The first-order chi connectivity index (χ1) is 16.1. The van der Waals surface area contributed by atoms with E-state index >= 15 is 0 Å². The summed E-state index contributed by atoms with van der Waals surface area (Å²) in [5.74, 6) is 2.39. The Balaban J connectivity index is 1.41. The van der Waals surface area contributed by atoms with E-state index in [9.17, 15) is 5.11 Å². The number of rotatable bonds is 15. The van der Waals surface area contributed by atoms with Gasteiger partial charge in [-0.2, -0.15) is 0 Å². The van der Waals surface area contributed by atoms with Crippen molar-refractivity contribution in [2.45, 2.75) is 77.7 Å². The lowest BCUT2D eigenvalue weighted by atomic mass is 9.90. The second kappa shape index (κ2) is 13.4. The number of aromatic hydroxyl groups is 1. The monoisotopic (exact) mass is 454 g/mol. The SMILES string of the molecule is CCCCC1C=C[C-](CCc2ccc(O)c(OCCC3=C[C+](C(C)CCCCO)C=N3)c2)[OH+]1. The van der Waals surface area contributed by atoms with Gasteiger partial charge < -0.3 is 19.7 Å². The number of phenols is 1. The van der Waals surface area contributed by atoms with Crippen LogP contribution in [0.3, 0.4) is 0 Å². The molecule has 1 aromatic rings. The van der Waals surface area contributed by atoms with Gasteiger partial charge in [0.2, 0.25) is 0 Å². The van der Waals surface area contributed by atoms with E-state index in [2.05, 4.69) is 37.1 Å². The van der Waals surface area contributed by atoms with Crippen molar-refractivity contribution in [2.24, 2.45) is 10.9 Å². The summed E-state index contributed by atoms with van der Waals surface area (Å²) in [6.07, 6.45) is 19.0. The van der Waals surface area contributed by atoms with Gasteiger partial charge in [0.05, 0.1) is 12.5 Å². The van der Waals surface area contributed by atoms with Crippen LogP contribution in [0.15, 0.2) is 47.1 Å². The molecule has 180 valence electrons. The number of aliphatic imine (C=N–C) groups is 1. The molecule has 5 heteroatoms. The van der Waals surface area contributed by atoms with Crippen LogP contribution >= 0.6 is 0 Å². The Morgan fingerprint density at radius 1 is 1.24 bits per heavy atom. The summed E-state index contributed by atoms with van der Waals surface area (Å²) in [6, 6.07) is 5.61. The zero-order valence-electron chi connectivity index (χ0n) is 20.2. The van der Waals surface area contributed by atoms with Crippen molar-refractivity contribution in [1.29, 1.82) is 0 Å². The maximum Gasteiger partial charge on any atom is 0.178 e. The van der Waals surface area contributed by atoms with Crippen molar-refractivity contribution in [1.82, 2.24) is 0 Å². The second-order valence-electron chi connectivity index (χ2n) is 9.10. The van der Waals surface area contributed by atoms with Crippen molar-refractivity contribution in [3.63, 3.8) is 0 Å². The number of hydrogen-bond donors (Lipinski definition) is 2. The van der Waals surface area contributed by atoms with E-state index < -0.39 is 0 Å². The van der Waals surface area contributed by atoms with E-state index in [1.807, 2.05) is 18.3 Å². The summed E-state index contributed by atoms with van der Waals surface area (Å²) in [5.41, 5.74) is 2.15. The highest BCUT2D eigenvalue weighted by Gasteiger charge is 2.27. The molecule has 1 aromatic carbocycles. The van der Waals surface area contributed by atoms with Gasteiger partial charge in [0.15, 0.2) is 17.2 Å². The number of phenolic OH excluding ortho intramolecular Hbond substituents is 1. The van der Waals surface area contributed by atoms with Crippen LogP contribution < -0.4 is 4.74 Å². The van der Waals surface area contributed by atoms with Gasteiger partial charge in [0, 0.05) is 18.9 Å². The highest BCUT2D eigenvalue weighted by molar-refractivity contribution is 5.82. The maximum atomic E-state index is 10.2. The van der Waals surface area contributed by atoms with Crippen LogP contribution in [-0.4, -0.2) is 40.5 Å². The summed E-state index contributed by atoms with van der Waals surface area (Å²) in [7, 11) is 0. The molecule has 2 aliphatic heterocycles. The molecular weight excluding hydrogens is 414 g/mol. The van der Waals surface area contributed by atoms with Gasteiger partial charge in [-0.3, -0.25) is 0 Å². The fourth-order valence-electron chi connectivity index (χ4n) is 4.17. The molecule has 33 heavy (non-hydrogen) atoms. The molecule has 0 aliphatic carbocycles. The molecule has 2 unspecified atom stereocenters. The lowest BCUT2D eigenvalue weighted by Crippen LogP contribution is -2.12. The van der Waals surface area contributed by atoms with Crippen molar-refractivity contribution in [2.75, 3.05) is 13.2 Å². The molecule has 0 spiro atoms. The molecule has 0 aromatic heterocycles. The number of aliphatic hydroxyl groups excluding tert-OH is 1. The molecule has 2 aliphatic rings. The predicted octanol–water partition coefficient (Wildman–Crippen LogP) is 5.62. The second-order valence-corrected chi connectivity index (χ2v) is 9.10. The molecule has 0 radical (unpaired) electrons. The quantitative estimate of drug-likeness (QED) is 0.205. The van der Waals surface area contributed by atoms with E-state index in [0.29, 0.717) is 30.8 Å². The minimum Gasteiger partial charge on any atom is -0.504 e. The van der Waals surface area contributed by atoms with Gasteiger partial charge >= 0.3 is 0 Å². The number of allylic oxidation sites excluding steroid dienone is 1.